The highest BCUT2D eigenvalue weighted by Crippen LogP contribution is 2.30. The summed E-state index contributed by atoms with van der Waals surface area (Å²) in [7, 11) is 1.61. The predicted molar refractivity (Wildman–Crippen MR) is 93.9 cm³/mol. The summed E-state index contributed by atoms with van der Waals surface area (Å²) in [6.45, 7) is 0.407. The summed E-state index contributed by atoms with van der Waals surface area (Å²) in [5.74, 6) is 0.542. The highest BCUT2D eigenvalue weighted by molar-refractivity contribution is 7.09. The molecule has 3 rings (SSSR count). The van der Waals surface area contributed by atoms with Gasteiger partial charge in [0.25, 0.3) is 5.91 Å². The van der Waals surface area contributed by atoms with Crippen LogP contribution in [0, 0.1) is 0 Å². The van der Waals surface area contributed by atoms with Crippen molar-refractivity contribution in [1.29, 1.82) is 0 Å². The molecule has 2 heterocycles. The number of methoxy groups -OCH3 is 1. The van der Waals surface area contributed by atoms with E-state index in [0.717, 1.165) is 28.4 Å². The van der Waals surface area contributed by atoms with E-state index >= 15 is 0 Å². The van der Waals surface area contributed by atoms with E-state index in [1.54, 1.807) is 19.5 Å². The number of nitrogens with one attached hydrogen (secondary N) is 1. The number of amides is 1. The summed E-state index contributed by atoms with van der Waals surface area (Å²) in [6, 6.07) is 11.1. The number of hydrogen-bond acceptors (Lipinski definition) is 6. The molecule has 0 aliphatic rings. The van der Waals surface area contributed by atoms with E-state index in [1.807, 2.05) is 36.4 Å². The first-order valence-electron chi connectivity index (χ1n) is 7.25. The van der Waals surface area contributed by atoms with Gasteiger partial charge in [0, 0.05) is 24.5 Å². The third-order valence-corrected chi connectivity index (χ3v) is 4.36. The Morgan fingerprint density at radius 1 is 1.21 bits per heavy atom. The van der Waals surface area contributed by atoms with Crippen LogP contribution >= 0.6 is 11.5 Å². The van der Waals surface area contributed by atoms with Crippen LogP contribution in [0.25, 0.3) is 11.3 Å². The maximum Gasteiger partial charge on any atom is 0.265 e. The Hall–Kier alpha value is -2.93. The fourth-order valence-electron chi connectivity index (χ4n) is 2.18. The molecule has 3 N–H and O–H groups in total. The minimum atomic E-state index is -0.235. The lowest BCUT2D eigenvalue weighted by molar-refractivity contribution is 0.0956. The van der Waals surface area contributed by atoms with Gasteiger partial charge in [-0.3, -0.25) is 9.78 Å². The molecule has 0 radical (unpaired) electrons. The van der Waals surface area contributed by atoms with E-state index in [9.17, 15) is 4.79 Å². The van der Waals surface area contributed by atoms with Crippen LogP contribution in [-0.4, -0.2) is 22.4 Å². The summed E-state index contributed by atoms with van der Waals surface area (Å²) in [4.78, 5) is 16.7. The van der Waals surface area contributed by atoms with Crippen molar-refractivity contribution in [2.45, 2.75) is 6.54 Å². The number of nitrogens with zero attached hydrogens (tertiary/aromatic N) is 2. The molecule has 0 unspecified atom stereocenters. The van der Waals surface area contributed by atoms with Crippen LogP contribution in [0.1, 0.15) is 15.2 Å². The fourth-order valence-corrected chi connectivity index (χ4v) is 2.92. The molecule has 0 saturated heterocycles. The molecule has 0 saturated carbocycles. The SMILES string of the molecule is COc1ccc(CNC(=O)c2snc(-c3ccncc3)c2N)cc1. The van der Waals surface area contributed by atoms with Crippen molar-refractivity contribution in [3.8, 4) is 17.0 Å². The number of benzene rings is 1. The first-order valence-corrected chi connectivity index (χ1v) is 8.03. The standard InChI is InChI=1S/C17H16N4O2S/c1-23-13-4-2-11(3-5-13)10-20-17(22)16-14(18)15(21-24-16)12-6-8-19-9-7-12/h2-9H,10,18H2,1H3,(H,20,22). The maximum absolute atomic E-state index is 12.3. The van der Waals surface area contributed by atoms with Crippen molar-refractivity contribution in [3.05, 3.63) is 59.2 Å². The zero-order valence-corrected chi connectivity index (χ0v) is 13.8. The Balaban J connectivity index is 1.70. The molecule has 2 aromatic heterocycles. The van der Waals surface area contributed by atoms with E-state index in [1.165, 1.54) is 0 Å². The molecule has 122 valence electrons. The minimum absolute atomic E-state index is 0.235. The normalized spacial score (nSPS) is 10.4. The predicted octanol–water partition coefficient (Wildman–Crippen LogP) is 2.73. The lowest BCUT2D eigenvalue weighted by Crippen LogP contribution is -2.22. The van der Waals surface area contributed by atoms with Crippen molar-refractivity contribution < 1.29 is 9.53 Å². The molecule has 0 bridgehead atoms. The Morgan fingerprint density at radius 3 is 2.58 bits per heavy atom. The quantitative estimate of drug-likeness (QED) is 0.745. The lowest BCUT2D eigenvalue weighted by Gasteiger charge is -2.06. The average molecular weight is 340 g/mol. The fraction of sp³-hybridized carbons (Fsp3) is 0.118. The molecule has 0 aliphatic carbocycles. The van der Waals surface area contributed by atoms with Crippen molar-refractivity contribution in [2.75, 3.05) is 12.8 Å². The second-order valence-corrected chi connectivity index (χ2v) is 5.81. The number of nitrogen functional groups attached to an aromatic ring is 1. The topological polar surface area (TPSA) is 90.1 Å². The zero-order chi connectivity index (χ0) is 16.9. The van der Waals surface area contributed by atoms with Gasteiger partial charge in [0.2, 0.25) is 0 Å². The van der Waals surface area contributed by atoms with E-state index in [-0.39, 0.29) is 5.91 Å². The summed E-state index contributed by atoms with van der Waals surface area (Å²) in [6.07, 6.45) is 3.33. The second-order valence-electron chi connectivity index (χ2n) is 5.04. The van der Waals surface area contributed by atoms with Crippen LogP contribution in [0.15, 0.2) is 48.8 Å². The van der Waals surface area contributed by atoms with Crippen molar-refractivity contribution >= 4 is 23.1 Å². The van der Waals surface area contributed by atoms with Crippen molar-refractivity contribution in [2.24, 2.45) is 0 Å². The highest BCUT2D eigenvalue weighted by Gasteiger charge is 2.18. The van der Waals surface area contributed by atoms with Crippen molar-refractivity contribution in [1.82, 2.24) is 14.7 Å². The van der Waals surface area contributed by atoms with Crippen LogP contribution in [0.5, 0.6) is 5.75 Å². The Morgan fingerprint density at radius 2 is 1.92 bits per heavy atom. The van der Waals surface area contributed by atoms with E-state index in [0.29, 0.717) is 22.8 Å². The molecule has 0 atom stereocenters. The number of aromatic nitrogens is 2. The van der Waals surface area contributed by atoms with Gasteiger partial charge in [-0.25, -0.2) is 0 Å². The number of anilines is 1. The Labute approximate surface area is 143 Å². The van der Waals surface area contributed by atoms with Gasteiger partial charge in [0.1, 0.15) is 16.3 Å². The number of hydrogen-bond donors (Lipinski definition) is 2. The number of carbonyl (C=O) groups is 1. The molecular weight excluding hydrogens is 324 g/mol. The maximum atomic E-state index is 12.3. The van der Waals surface area contributed by atoms with E-state index < -0.39 is 0 Å². The molecule has 0 fully saturated rings. The van der Waals surface area contributed by atoms with E-state index in [4.69, 9.17) is 10.5 Å². The van der Waals surface area contributed by atoms with Gasteiger partial charge in [0.15, 0.2) is 0 Å². The van der Waals surface area contributed by atoms with Gasteiger partial charge in [-0.1, -0.05) is 12.1 Å². The number of pyridine rings is 1. The molecule has 1 amide bonds. The summed E-state index contributed by atoms with van der Waals surface area (Å²) >= 11 is 1.09. The molecular formula is C17H16N4O2S. The molecule has 0 aliphatic heterocycles. The summed E-state index contributed by atoms with van der Waals surface area (Å²) < 4.78 is 9.41. The van der Waals surface area contributed by atoms with Gasteiger partial charge in [-0.05, 0) is 41.4 Å². The van der Waals surface area contributed by atoms with Crippen molar-refractivity contribution in [3.63, 3.8) is 0 Å². The van der Waals surface area contributed by atoms with Crippen LogP contribution in [0.2, 0.25) is 0 Å². The first-order chi connectivity index (χ1) is 11.7. The molecule has 6 nitrogen and oxygen atoms in total. The highest BCUT2D eigenvalue weighted by atomic mass is 32.1. The van der Waals surface area contributed by atoms with Gasteiger partial charge in [-0.15, -0.1) is 0 Å². The Bertz CT molecular complexity index is 832. The van der Waals surface area contributed by atoms with Gasteiger partial charge < -0.3 is 15.8 Å². The number of nitrogens with two attached hydrogens (primary N) is 1. The third kappa shape index (κ3) is 3.36. The van der Waals surface area contributed by atoms with Crippen LogP contribution < -0.4 is 15.8 Å². The number of rotatable bonds is 5. The summed E-state index contributed by atoms with van der Waals surface area (Å²) in [5.41, 5.74) is 8.90. The minimum Gasteiger partial charge on any atom is -0.497 e. The van der Waals surface area contributed by atoms with Gasteiger partial charge in [0.05, 0.1) is 12.8 Å². The third-order valence-electron chi connectivity index (χ3n) is 3.50. The molecule has 0 spiro atoms. The average Bonchev–Trinajstić information content (AvgIpc) is 3.02. The van der Waals surface area contributed by atoms with Crippen LogP contribution in [0.3, 0.4) is 0 Å². The molecule has 3 aromatic rings. The van der Waals surface area contributed by atoms with E-state index in [2.05, 4.69) is 14.7 Å². The second kappa shape index (κ2) is 7.10. The number of carbonyl (C=O) groups excluding carboxylic acids is 1. The molecule has 1 aromatic carbocycles. The van der Waals surface area contributed by atoms with Gasteiger partial charge >= 0.3 is 0 Å². The zero-order valence-electron chi connectivity index (χ0n) is 13.0. The Kier molecular flexibility index (Phi) is 4.72. The monoisotopic (exact) mass is 340 g/mol. The lowest BCUT2D eigenvalue weighted by atomic mass is 10.1. The first kappa shape index (κ1) is 15.9. The molecule has 24 heavy (non-hydrogen) atoms. The van der Waals surface area contributed by atoms with Gasteiger partial charge in [-0.2, -0.15) is 4.37 Å². The van der Waals surface area contributed by atoms with Crippen LogP contribution in [-0.2, 0) is 6.54 Å². The largest absolute Gasteiger partial charge is 0.497 e. The van der Waals surface area contributed by atoms with Crippen LogP contribution in [0.4, 0.5) is 5.69 Å². The number of ether oxygens (including phenoxy) is 1. The summed E-state index contributed by atoms with van der Waals surface area (Å²) in [5, 5.41) is 2.86. The molecule has 7 heteroatoms. The smallest absolute Gasteiger partial charge is 0.265 e.